The van der Waals surface area contributed by atoms with E-state index in [9.17, 15) is 9.59 Å². The molecular weight excluding hydrogens is 248 g/mol. The minimum atomic E-state index is -0.622. The SMILES string of the molecule is CCOC(=O)C#Cc1cc(OC)c(C=O)cc1OC. The summed E-state index contributed by atoms with van der Waals surface area (Å²) in [5, 5.41) is 0. The van der Waals surface area contributed by atoms with Crippen LogP contribution in [0.25, 0.3) is 0 Å². The van der Waals surface area contributed by atoms with E-state index in [1.54, 1.807) is 6.92 Å². The van der Waals surface area contributed by atoms with Crippen molar-refractivity contribution in [1.82, 2.24) is 0 Å². The van der Waals surface area contributed by atoms with Crippen LogP contribution in [0, 0.1) is 11.8 Å². The van der Waals surface area contributed by atoms with E-state index in [2.05, 4.69) is 11.8 Å². The molecule has 1 aromatic rings. The van der Waals surface area contributed by atoms with E-state index < -0.39 is 5.97 Å². The van der Waals surface area contributed by atoms with E-state index in [0.717, 1.165) is 0 Å². The Labute approximate surface area is 111 Å². The molecule has 100 valence electrons. The Morgan fingerprint density at radius 2 is 1.95 bits per heavy atom. The average molecular weight is 262 g/mol. The molecule has 0 atom stereocenters. The summed E-state index contributed by atoms with van der Waals surface area (Å²) < 4.78 is 14.9. The summed E-state index contributed by atoms with van der Waals surface area (Å²) in [6.07, 6.45) is 0.657. The van der Waals surface area contributed by atoms with Crippen molar-refractivity contribution in [1.29, 1.82) is 0 Å². The number of aldehydes is 1. The highest BCUT2D eigenvalue weighted by molar-refractivity contribution is 5.89. The first-order valence-electron chi connectivity index (χ1n) is 5.56. The van der Waals surface area contributed by atoms with Crippen molar-refractivity contribution in [3.8, 4) is 23.3 Å². The van der Waals surface area contributed by atoms with Crippen LogP contribution < -0.4 is 9.47 Å². The highest BCUT2D eigenvalue weighted by Gasteiger charge is 2.09. The third kappa shape index (κ3) is 3.75. The highest BCUT2D eigenvalue weighted by atomic mass is 16.5. The third-order valence-corrected chi connectivity index (χ3v) is 2.25. The van der Waals surface area contributed by atoms with E-state index in [1.807, 2.05) is 0 Å². The lowest BCUT2D eigenvalue weighted by Gasteiger charge is -2.08. The van der Waals surface area contributed by atoms with Crippen LogP contribution >= 0.6 is 0 Å². The molecule has 1 aromatic carbocycles. The van der Waals surface area contributed by atoms with Gasteiger partial charge in [0.1, 0.15) is 11.5 Å². The van der Waals surface area contributed by atoms with Gasteiger partial charge in [0.15, 0.2) is 6.29 Å². The Kier molecular flexibility index (Phi) is 5.42. The van der Waals surface area contributed by atoms with Crippen LogP contribution in [-0.2, 0) is 9.53 Å². The highest BCUT2D eigenvalue weighted by Crippen LogP contribution is 2.27. The lowest BCUT2D eigenvalue weighted by Crippen LogP contribution is -2.00. The summed E-state index contributed by atoms with van der Waals surface area (Å²) in [6.45, 7) is 1.96. The molecule has 0 spiro atoms. The molecular formula is C14H14O5. The van der Waals surface area contributed by atoms with Crippen molar-refractivity contribution in [2.75, 3.05) is 20.8 Å². The summed E-state index contributed by atoms with van der Waals surface area (Å²) >= 11 is 0. The Balaban J connectivity index is 3.19. The van der Waals surface area contributed by atoms with Crippen LogP contribution in [0.2, 0.25) is 0 Å². The Morgan fingerprint density at radius 1 is 1.26 bits per heavy atom. The van der Waals surface area contributed by atoms with Gasteiger partial charge in [-0.05, 0) is 13.0 Å². The van der Waals surface area contributed by atoms with Gasteiger partial charge in [0.25, 0.3) is 0 Å². The van der Waals surface area contributed by atoms with Gasteiger partial charge in [-0.2, -0.15) is 0 Å². The van der Waals surface area contributed by atoms with Crippen molar-refractivity contribution in [3.63, 3.8) is 0 Å². The number of benzene rings is 1. The van der Waals surface area contributed by atoms with Crippen LogP contribution in [0.1, 0.15) is 22.8 Å². The lowest BCUT2D eigenvalue weighted by molar-refractivity contribution is -0.136. The fraction of sp³-hybridized carbons (Fsp3) is 0.286. The summed E-state index contributed by atoms with van der Waals surface area (Å²) in [4.78, 5) is 22.0. The average Bonchev–Trinajstić information content (AvgIpc) is 2.44. The van der Waals surface area contributed by atoms with Crippen LogP contribution in [0.3, 0.4) is 0 Å². The zero-order valence-electron chi connectivity index (χ0n) is 11.0. The number of rotatable bonds is 4. The van der Waals surface area contributed by atoms with Gasteiger partial charge < -0.3 is 14.2 Å². The van der Waals surface area contributed by atoms with Crippen molar-refractivity contribution >= 4 is 12.3 Å². The quantitative estimate of drug-likeness (QED) is 0.466. The number of ether oxygens (including phenoxy) is 3. The minimum absolute atomic E-state index is 0.262. The van der Waals surface area contributed by atoms with Crippen LogP contribution in [0.4, 0.5) is 0 Å². The summed E-state index contributed by atoms with van der Waals surface area (Å²) in [7, 11) is 2.89. The Hall–Kier alpha value is -2.48. The van der Waals surface area contributed by atoms with Crippen molar-refractivity contribution in [3.05, 3.63) is 23.3 Å². The number of hydrogen-bond acceptors (Lipinski definition) is 5. The van der Waals surface area contributed by atoms with Gasteiger partial charge >= 0.3 is 5.97 Å². The molecule has 1 rings (SSSR count). The van der Waals surface area contributed by atoms with Gasteiger partial charge in [0, 0.05) is 12.0 Å². The molecule has 0 aromatic heterocycles. The van der Waals surface area contributed by atoms with Gasteiger partial charge in [-0.1, -0.05) is 5.92 Å². The van der Waals surface area contributed by atoms with Crippen molar-refractivity contribution in [2.24, 2.45) is 0 Å². The maximum Gasteiger partial charge on any atom is 0.384 e. The number of esters is 1. The van der Waals surface area contributed by atoms with Crippen molar-refractivity contribution in [2.45, 2.75) is 6.92 Å². The van der Waals surface area contributed by atoms with E-state index in [1.165, 1.54) is 26.4 Å². The van der Waals surface area contributed by atoms with Crippen LogP contribution in [0.15, 0.2) is 12.1 Å². The minimum Gasteiger partial charge on any atom is -0.496 e. The molecule has 0 unspecified atom stereocenters. The van der Waals surface area contributed by atoms with Gasteiger partial charge in [-0.15, -0.1) is 0 Å². The first-order valence-corrected chi connectivity index (χ1v) is 5.56. The Morgan fingerprint density at radius 3 is 2.47 bits per heavy atom. The number of carbonyl (C=O) groups is 2. The fourth-order valence-corrected chi connectivity index (χ4v) is 1.40. The zero-order valence-corrected chi connectivity index (χ0v) is 11.0. The van der Waals surface area contributed by atoms with Gasteiger partial charge in [-0.3, -0.25) is 4.79 Å². The second kappa shape index (κ2) is 7.07. The predicted octanol–water partition coefficient (Wildman–Crippen LogP) is 1.43. The van der Waals surface area contributed by atoms with E-state index in [0.29, 0.717) is 28.9 Å². The lowest BCUT2D eigenvalue weighted by atomic mass is 10.1. The molecule has 0 saturated carbocycles. The normalized spacial score (nSPS) is 9.00. The molecule has 0 N–H and O–H groups in total. The van der Waals surface area contributed by atoms with Gasteiger partial charge in [-0.25, -0.2) is 4.79 Å². The molecule has 0 heterocycles. The Bertz CT molecular complexity index is 537. The second-order valence-corrected chi connectivity index (χ2v) is 3.38. The molecule has 19 heavy (non-hydrogen) atoms. The van der Waals surface area contributed by atoms with Gasteiger partial charge in [0.2, 0.25) is 0 Å². The van der Waals surface area contributed by atoms with E-state index >= 15 is 0 Å². The largest absolute Gasteiger partial charge is 0.496 e. The molecule has 5 heteroatoms. The number of hydrogen-bond donors (Lipinski definition) is 0. The standard InChI is InChI=1S/C14H14O5/c1-4-19-14(16)6-5-10-7-13(18-3)11(9-15)8-12(10)17-2/h7-9H,4H2,1-3H3. The molecule has 0 aliphatic rings. The first kappa shape index (κ1) is 14.6. The molecule has 0 radical (unpaired) electrons. The second-order valence-electron chi connectivity index (χ2n) is 3.38. The monoisotopic (exact) mass is 262 g/mol. The summed E-state index contributed by atoms with van der Waals surface area (Å²) in [6, 6.07) is 3.04. The molecule has 0 aliphatic heterocycles. The molecule has 0 bridgehead atoms. The molecule has 0 fully saturated rings. The van der Waals surface area contributed by atoms with Crippen LogP contribution in [-0.4, -0.2) is 33.1 Å². The fourth-order valence-electron chi connectivity index (χ4n) is 1.40. The third-order valence-electron chi connectivity index (χ3n) is 2.25. The molecule has 0 amide bonds. The first-order chi connectivity index (χ1) is 9.15. The topological polar surface area (TPSA) is 61.8 Å². The number of carbonyl (C=O) groups excluding carboxylic acids is 2. The van der Waals surface area contributed by atoms with Crippen molar-refractivity contribution < 1.29 is 23.8 Å². The summed E-state index contributed by atoms with van der Waals surface area (Å²) in [5.74, 6) is 5.09. The van der Waals surface area contributed by atoms with Crippen LogP contribution in [0.5, 0.6) is 11.5 Å². The molecule has 0 aliphatic carbocycles. The predicted molar refractivity (Wildman–Crippen MR) is 68.4 cm³/mol. The summed E-state index contributed by atoms with van der Waals surface area (Å²) in [5.41, 5.74) is 0.791. The maximum atomic E-state index is 11.2. The smallest absolute Gasteiger partial charge is 0.384 e. The van der Waals surface area contributed by atoms with Gasteiger partial charge in [0.05, 0.1) is 32.0 Å². The molecule has 5 nitrogen and oxygen atoms in total. The van der Waals surface area contributed by atoms with E-state index in [4.69, 9.17) is 14.2 Å². The van der Waals surface area contributed by atoms with E-state index in [-0.39, 0.29) is 6.61 Å². The number of methoxy groups -OCH3 is 2. The maximum absolute atomic E-state index is 11.2. The molecule has 0 saturated heterocycles. The zero-order chi connectivity index (χ0) is 14.3.